The minimum Gasteiger partial charge on any atom is -0.454 e. The lowest BCUT2D eigenvalue weighted by molar-refractivity contribution is -0.305. The molecule has 0 aliphatic carbocycles. The molecule has 11 heteroatoms. The predicted molar refractivity (Wildman–Crippen MR) is 343 cm³/mol. The van der Waals surface area contributed by atoms with Gasteiger partial charge in [0.05, 0.1) is 25.4 Å². The van der Waals surface area contributed by atoms with Gasteiger partial charge in [0.2, 0.25) is 5.91 Å². The first kappa shape index (κ1) is 77.6. The van der Waals surface area contributed by atoms with Gasteiger partial charge in [-0.25, -0.2) is 0 Å². The number of rotatable bonds is 60. The molecule has 1 rings (SSSR count). The average molecular weight is 1160 g/mol. The number of aliphatic hydroxyl groups excluding tert-OH is 5. The second-order valence-corrected chi connectivity index (χ2v) is 24.3. The van der Waals surface area contributed by atoms with Crippen LogP contribution < -0.4 is 5.32 Å². The summed E-state index contributed by atoms with van der Waals surface area (Å²) in [7, 11) is 0. The van der Waals surface area contributed by atoms with Crippen LogP contribution in [0.3, 0.4) is 0 Å². The van der Waals surface area contributed by atoms with Gasteiger partial charge in [0.15, 0.2) is 12.4 Å². The first-order chi connectivity index (χ1) is 40.2. The van der Waals surface area contributed by atoms with Crippen LogP contribution >= 0.6 is 0 Å². The molecule has 0 spiro atoms. The quantitative estimate of drug-likeness (QED) is 0.0149. The molecule has 11 nitrogen and oxygen atoms in total. The summed E-state index contributed by atoms with van der Waals surface area (Å²) >= 11 is 0. The van der Waals surface area contributed by atoms with E-state index >= 15 is 0 Å². The first-order valence-corrected chi connectivity index (χ1v) is 34.9. The van der Waals surface area contributed by atoms with Crippen molar-refractivity contribution in [1.29, 1.82) is 0 Å². The normalized spacial score (nSPS) is 18.9. The molecule has 1 fully saturated rings. The number of allylic oxidation sites excluding steroid dienone is 7. The molecule has 8 unspecified atom stereocenters. The van der Waals surface area contributed by atoms with Gasteiger partial charge in [-0.2, -0.15) is 0 Å². The zero-order valence-corrected chi connectivity index (χ0v) is 53.4. The van der Waals surface area contributed by atoms with E-state index in [2.05, 4.69) is 62.5 Å². The van der Waals surface area contributed by atoms with Crippen molar-refractivity contribution in [2.24, 2.45) is 0 Å². The fraction of sp³-hybridized carbons (Fsp3) is 0.859. The number of esters is 1. The molecule has 1 heterocycles. The molecule has 6 N–H and O–H groups in total. The number of ether oxygens (including phenoxy) is 3. The smallest absolute Gasteiger partial charge is 0.306 e. The monoisotopic (exact) mass is 1160 g/mol. The van der Waals surface area contributed by atoms with Crippen molar-refractivity contribution in [3.05, 3.63) is 48.6 Å². The van der Waals surface area contributed by atoms with Crippen molar-refractivity contribution in [2.75, 3.05) is 13.2 Å². The van der Waals surface area contributed by atoms with Gasteiger partial charge in [0.1, 0.15) is 24.4 Å². The maximum atomic E-state index is 13.4. The van der Waals surface area contributed by atoms with Crippen LogP contribution in [0.4, 0.5) is 0 Å². The topological polar surface area (TPSA) is 175 Å². The highest BCUT2D eigenvalue weighted by Gasteiger charge is 2.47. The Kier molecular flexibility index (Phi) is 55.8. The third-order valence-corrected chi connectivity index (χ3v) is 16.5. The van der Waals surface area contributed by atoms with Gasteiger partial charge in [-0.05, 0) is 77.0 Å². The minimum absolute atomic E-state index is 0.125. The number of amides is 1. The SMILES string of the molecule is CCCCC/C=C/C=C/CCCCCCCC(O)C(=O)NC(COC1OC(CO)C(O)C(O)C1OC(=O)CCCCCCCCCCCCCCCCCCC/C=C/CCCCCCCC)C(O)/C=C/CCCCCCCCCCCC. The van der Waals surface area contributed by atoms with Gasteiger partial charge in [-0.15, -0.1) is 0 Å². The summed E-state index contributed by atoms with van der Waals surface area (Å²) in [5.41, 5.74) is 0. The maximum absolute atomic E-state index is 13.4. The number of carbonyl (C=O) groups is 2. The van der Waals surface area contributed by atoms with Crippen LogP contribution in [0.25, 0.3) is 0 Å². The highest BCUT2D eigenvalue weighted by atomic mass is 16.7. The second-order valence-electron chi connectivity index (χ2n) is 24.3. The summed E-state index contributed by atoms with van der Waals surface area (Å²) in [5.74, 6) is -1.20. The van der Waals surface area contributed by atoms with Crippen molar-refractivity contribution in [3.8, 4) is 0 Å². The third kappa shape index (κ3) is 45.9. The lowest BCUT2D eigenvalue weighted by Gasteiger charge is -2.41. The number of hydrogen-bond acceptors (Lipinski definition) is 10. The molecule has 0 aromatic rings. The third-order valence-electron chi connectivity index (χ3n) is 16.5. The molecular weight excluding hydrogens is 1030 g/mol. The molecule has 0 saturated carbocycles. The van der Waals surface area contributed by atoms with Crippen molar-refractivity contribution in [2.45, 2.75) is 378 Å². The van der Waals surface area contributed by atoms with E-state index in [9.17, 15) is 35.1 Å². The summed E-state index contributed by atoms with van der Waals surface area (Å²) in [6.45, 7) is 5.78. The minimum atomic E-state index is -1.61. The lowest BCUT2D eigenvalue weighted by atomic mass is 9.99. The number of unbranched alkanes of at least 4 members (excludes halogenated alkanes) is 41. The van der Waals surface area contributed by atoms with Crippen molar-refractivity contribution >= 4 is 11.9 Å². The van der Waals surface area contributed by atoms with Crippen LogP contribution in [-0.2, 0) is 23.8 Å². The number of hydrogen-bond donors (Lipinski definition) is 6. The van der Waals surface area contributed by atoms with Gasteiger partial charge in [-0.3, -0.25) is 9.59 Å². The van der Waals surface area contributed by atoms with E-state index < -0.39 is 67.4 Å². The Hall–Kier alpha value is -2.38. The number of carbonyl (C=O) groups excluding carboxylic acids is 2. The zero-order chi connectivity index (χ0) is 59.6. The highest BCUT2D eigenvalue weighted by Crippen LogP contribution is 2.26. The van der Waals surface area contributed by atoms with Crippen LogP contribution in [0.2, 0.25) is 0 Å². The van der Waals surface area contributed by atoms with Crippen LogP contribution in [0.1, 0.15) is 329 Å². The van der Waals surface area contributed by atoms with Crippen LogP contribution in [0, 0.1) is 0 Å². The maximum Gasteiger partial charge on any atom is 0.306 e. The Labute approximate surface area is 504 Å². The van der Waals surface area contributed by atoms with E-state index in [1.165, 1.54) is 205 Å². The Bertz CT molecular complexity index is 1520. The molecule has 0 aromatic carbocycles. The number of nitrogens with one attached hydrogen (secondary N) is 1. The molecule has 1 saturated heterocycles. The van der Waals surface area contributed by atoms with E-state index in [0.717, 1.165) is 77.0 Å². The Balaban J connectivity index is 2.53. The largest absolute Gasteiger partial charge is 0.454 e. The Morgan fingerprint density at radius 2 is 0.841 bits per heavy atom. The van der Waals surface area contributed by atoms with Crippen molar-refractivity contribution < 1.29 is 49.3 Å². The van der Waals surface area contributed by atoms with E-state index in [0.29, 0.717) is 12.8 Å². The predicted octanol–water partition coefficient (Wildman–Crippen LogP) is 17.6. The molecule has 0 aromatic heterocycles. The van der Waals surface area contributed by atoms with E-state index in [-0.39, 0.29) is 19.4 Å². The molecule has 1 amide bonds. The summed E-state index contributed by atoms with van der Waals surface area (Å²) in [6, 6.07) is -1.03. The summed E-state index contributed by atoms with van der Waals surface area (Å²) in [6.07, 6.45) is 63.1. The number of aliphatic hydroxyl groups is 5. The molecule has 8 atom stereocenters. The second kappa shape index (κ2) is 59.0. The first-order valence-electron chi connectivity index (χ1n) is 34.9. The molecular formula is C71H131NO10. The van der Waals surface area contributed by atoms with Gasteiger partial charge < -0.3 is 45.1 Å². The summed E-state index contributed by atoms with van der Waals surface area (Å²) in [4.78, 5) is 26.6. The van der Waals surface area contributed by atoms with E-state index in [4.69, 9.17) is 14.2 Å². The van der Waals surface area contributed by atoms with E-state index in [1.54, 1.807) is 6.08 Å². The Morgan fingerprint density at radius 3 is 1.28 bits per heavy atom. The van der Waals surface area contributed by atoms with E-state index in [1.807, 2.05) is 6.08 Å². The molecule has 0 radical (unpaired) electrons. The summed E-state index contributed by atoms with van der Waals surface area (Å²) in [5, 5.41) is 57.1. The van der Waals surface area contributed by atoms with Crippen molar-refractivity contribution in [1.82, 2.24) is 5.32 Å². The molecule has 82 heavy (non-hydrogen) atoms. The fourth-order valence-electron chi connectivity index (χ4n) is 10.9. The fourth-order valence-corrected chi connectivity index (χ4v) is 10.9. The standard InChI is InChI=1S/C71H131NO10/c1-4-7-10-13-16-19-22-25-27-28-29-30-31-32-33-34-35-36-37-38-39-41-44-47-50-53-56-59-66(76)82-69-68(78)67(77)65(60-73)81-71(69)80-61-62(63(74)57-54-51-48-45-42-24-21-18-15-12-9-6-3)72-70(79)64(75)58-55-52-49-46-43-40-26-23-20-17-14-11-8-5-2/h17,20,23,25-27,54,57,62-65,67-69,71,73-75,77-78H,4-16,18-19,21-22,24,28-53,55-56,58-61H2,1-3H3,(H,72,79)/b20-17+,26-23+,27-25+,57-54+. The molecule has 0 bridgehead atoms. The molecule has 1 aliphatic rings. The van der Waals surface area contributed by atoms with Gasteiger partial charge in [-0.1, -0.05) is 294 Å². The van der Waals surface area contributed by atoms with Gasteiger partial charge >= 0.3 is 5.97 Å². The van der Waals surface area contributed by atoms with Gasteiger partial charge in [0, 0.05) is 6.42 Å². The van der Waals surface area contributed by atoms with Gasteiger partial charge in [0.25, 0.3) is 0 Å². The van der Waals surface area contributed by atoms with Crippen LogP contribution in [0.5, 0.6) is 0 Å². The zero-order valence-electron chi connectivity index (χ0n) is 53.4. The average Bonchev–Trinajstić information content (AvgIpc) is 3.68. The molecule has 1 aliphatic heterocycles. The van der Waals surface area contributed by atoms with Crippen LogP contribution in [0.15, 0.2) is 48.6 Å². The molecule has 480 valence electrons. The van der Waals surface area contributed by atoms with Crippen LogP contribution in [-0.4, -0.2) is 99.6 Å². The summed E-state index contributed by atoms with van der Waals surface area (Å²) < 4.78 is 17.7. The van der Waals surface area contributed by atoms with Crippen molar-refractivity contribution in [3.63, 3.8) is 0 Å². The Morgan fingerprint density at radius 1 is 0.476 bits per heavy atom. The highest BCUT2D eigenvalue weighted by molar-refractivity contribution is 5.80. The lowest BCUT2D eigenvalue weighted by Crippen LogP contribution is -2.61.